The lowest BCUT2D eigenvalue weighted by molar-refractivity contribution is 0.274. The summed E-state index contributed by atoms with van der Waals surface area (Å²) in [5.41, 5.74) is 0.137. The highest BCUT2D eigenvalue weighted by molar-refractivity contribution is 5.69. The molecule has 0 radical (unpaired) electrons. The molecule has 0 bridgehead atoms. The molecule has 114 valence electrons. The van der Waals surface area contributed by atoms with Crippen LogP contribution in [-0.2, 0) is 13.6 Å². The van der Waals surface area contributed by atoms with Crippen LogP contribution in [0, 0.1) is 0 Å². The lowest BCUT2D eigenvalue weighted by Crippen LogP contribution is -2.31. The summed E-state index contributed by atoms with van der Waals surface area (Å²) in [6.07, 6.45) is 6.77. The Morgan fingerprint density at radius 1 is 1.14 bits per heavy atom. The number of likely N-dealkylation sites (tertiary alicyclic amines) is 1. The van der Waals surface area contributed by atoms with E-state index in [1.165, 1.54) is 30.3 Å². The third-order valence-corrected chi connectivity index (χ3v) is 4.23. The Labute approximate surface area is 122 Å². The highest BCUT2D eigenvalue weighted by Crippen LogP contribution is 2.10. The minimum Gasteiger partial charge on any atom is -0.323 e. The average Bonchev–Trinajstić information content (AvgIpc) is 2.72. The first-order valence-corrected chi connectivity index (χ1v) is 7.53. The number of nitrogens with one attached hydrogen (secondary N) is 1. The van der Waals surface area contributed by atoms with Gasteiger partial charge in [-0.05, 0) is 25.9 Å². The number of rotatable bonds is 3. The third-order valence-electron chi connectivity index (χ3n) is 4.23. The second-order valence-corrected chi connectivity index (χ2v) is 5.68. The number of hydrogen-bond donors (Lipinski definition) is 1. The molecule has 0 aliphatic carbocycles. The van der Waals surface area contributed by atoms with Crippen LogP contribution in [0.2, 0.25) is 0 Å². The van der Waals surface area contributed by atoms with Crippen LogP contribution < -0.4 is 11.2 Å². The average molecular weight is 291 g/mol. The molecule has 2 aromatic rings. The van der Waals surface area contributed by atoms with Gasteiger partial charge in [-0.3, -0.25) is 14.3 Å². The largest absolute Gasteiger partial charge is 0.329 e. The zero-order valence-electron chi connectivity index (χ0n) is 12.3. The summed E-state index contributed by atoms with van der Waals surface area (Å²) in [5.74, 6) is 0. The van der Waals surface area contributed by atoms with E-state index in [1.807, 2.05) is 4.57 Å². The predicted molar refractivity (Wildman–Crippen MR) is 80.5 cm³/mol. The summed E-state index contributed by atoms with van der Waals surface area (Å²) < 4.78 is 3.22. The Kier molecular flexibility index (Phi) is 3.92. The minimum absolute atomic E-state index is 0.360. The quantitative estimate of drug-likeness (QED) is 0.882. The first-order valence-electron chi connectivity index (χ1n) is 7.53. The number of aromatic nitrogens is 4. The van der Waals surface area contributed by atoms with E-state index in [-0.39, 0.29) is 5.56 Å². The zero-order valence-corrected chi connectivity index (χ0v) is 12.3. The molecule has 0 unspecified atom stereocenters. The molecule has 0 aromatic carbocycles. The van der Waals surface area contributed by atoms with E-state index in [9.17, 15) is 9.59 Å². The Morgan fingerprint density at radius 2 is 1.86 bits per heavy atom. The van der Waals surface area contributed by atoms with Gasteiger partial charge >= 0.3 is 5.69 Å². The molecule has 3 heterocycles. The van der Waals surface area contributed by atoms with E-state index < -0.39 is 5.69 Å². The van der Waals surface area contributed by atoms with Gasteiger partial charge in [-0.15, -0.1) is 0 Å². The van der Waals surface area contributed by atoms with Crippen molar-refractivity contribution < 1.29 is 0 Å². The van der Waals surface area contributed by atoms with Crippen LogP contribution in [0.3, 0.4) is 0 Å². The van der Waals surface area contributed by atoms with Crippen molar-refractivity contribution in [1.29, 1.82) is 0 Å². The van der Waals surface area contributed by atoms with Crippen molar-refractivity contribution in [3.63, 3.8) is 0 Å². The number of nitrogens with zero attached hydrogens (tertiary/aromatic N) is 4. The van der Waals surface area contributed by atoms with Gasteiger partial charge in [0.2, 0.25) is 0 Å². The Hall–Kier alpha value is -1.89. The minimum atomic E-state index is -0.426. The van der Waals surface area contributed by atoms with Crippen LogP contribution in [-0.4, -0.2) is 43.6 Å². The van der Waals surface area contributed by atoms with Gasteiger partial charge in [-0.2, -0.15) is 0 Å². The van der Waals surface area contributed by atoms with Crippen LogP contribution in [0.15, 0.2) is 15.9 Å². The third kappa shape index (κ3) is 2.78. The van der Waals surface area contributed by atoms with Crippen LogP contribution in [0.4, 0.5) is 0 Å². The molecule has 2 aromatic heterocycles. The lowest BCUT2D eigenvalue weighted by Gasteiger charge is -2.19. The highest BCUT2D eigenvalue weighted by atomic mass is 16.2. The fourth-order valence-corrected chi connectivity index (χ4v) is 2.96. The molecule has 1 aliphatic heterocycles. The van der Waals surface area contributed by atoms with Crippen molar-refractivity contribution in [2.45, 2.75) is 32.2 Å². The molecular formula is C14H21N5O2. The Bertz CT molecular complexity index is 734. The van der Waals surface area contributed by atoms with Crippen LogP contribution in [0.25, 0.3) is 11.2 Å². The number of imidazole rings is 1. The summed E-state index contributed by atoms with van der Waals surface area (Å²) >= 11 is 0. The first kappa shape index (κ1) is 14.1. The van der Waals surface area contributed by atoms with E-state index in [2.05, 4.69) is 14.9 Å². The molecule has 1 saturated heterocycles. The topological polar surface area (TPSA) is 75.9 Å². The summed E-state index contributed by atoms with van der Waals surface area (Å²) in [6.45, 7) is 3.88. The fourth-order valence-electron chi connectivity index (χ4n) is 2.96. The number of H-pyrrole nitrogens is 1. The molecule has 0 atom stereocenters. The SMILES string of the molecule is Cn1c(=O)[nH]c(=O)c2c1ncn2CCN1CCCCCC1. The van der Waals surface area contributed by atoms with Gasteiger partial charge in [0.15, 0.2) is 11.2 Å². The standard InChI is InChI=1S/C14H21N5O2/c1-17-12-11(13(20)16-14(17)21)19(10-15-12)9-8-18-6-4-2-3-5-7-18/h10H,2-9H2,1H3,(H,16,20,21). The van der Waals surface area contributed by atoms with Gasteiger partial charge in [0, 0.05) is 20.1 Å². The smallest absolute Gasteiger partial charge is 0.323 e. The van der Waals surface area contributed by atoms with Crippen molar-refractivity contribution >= 4 is 11.2 Å². The van der Waals surface area contributed by atoms with Crippen molar-refractivity contribution in [3.05, 3.63) is 27.2 Å². The molecule has 7 nitrogen and oxygen atoms in total. The lowest BCUT2D eigenvalue weighted by atomic mass is 10.2. The van der Waals surface area contributed by atoms with Gasteiger partial charge in [0.05, 0.1) is 6.33 Å². The number of fused-ring (bicyclic) bond motifs is 1. The molecule has 21 heavy (non-hydrogen) atoms. The van der Waals surface area contributed by atoms with E-state index in [0.29, 0.717) is 11.2 Å². The van der Waals surface area contributed by atoms with Crippen LogP contribution >= 0.6 is 0 Å². The molecular weight excluding hydrogens is 270 g/mol. The molecule has 0 spiro atoms. The Balaban J connectivity index is 1.83. The molecule has 0 amide bonds. The maximum atomic E-state index is 12.0. The number of aromatic amines is 1. The summed E-state index contributed by atoms with van der Waals surface area (Å²) in [5, 5.41) is 0. The van der Waals surface area contributed by atoms with E-state index in [1.54, 1.807) is 13.4 Å². The van der Waals surface area contributed by atoms with Crippen molar-refractivity contribution in [1.82, 2.24) is 24.0 Å². The van der Waals surface area contributed by atoms with E-state index in [4.69, 9.17) is 0 Å². The monoisotopic (exact) mass is 291 g/mol. The van der Waals surface area contributed by atoms with Crippen LogP contribution in [0.5, 0.6) is 0 Å². The van der Waals surface area contributed by atoms with Crippen molar-refractivity contribution in [2.75, 3.05) is 19.6 Å². The number of aryl methyl sites for hydroxylation is 1. The second kappa shape index (κ2) is 5.85. The van der Waals surface area contributed by atoms with E-state index in [0.717, 1.165) is 26.2 Å². The van der Waals surface area contributed by atoms with Gasteiger partial charge in [-0.25, -0.2) is 9.78 Å². The molecule has 1 N–H and O–H groups in total. The molecule has 1 aliphatic rings. The molecule has 3 rings (SSSR count). The predicted octanol–water partition coefficient (Wildman–Crippen LogP) is 0.299. The van der Waals surface area contributed by atoms with Crippen molar-refractivity contribution in [3.8, 4) is 0 Å². The summed E-state index contributed by atoms with van der Waals surface area (Å²) in [6, 6.07) is 0. The second-order valence-electron chi connectivity index (χ2n) is 5.68. The van der Waals surface area contributed by atoms with Gasteiger partial charge < -0.3 is 9.47 Å². The highest BCUT2D eigenvalue weighted by Gasteiger charge is 2.13. The normalized spacial score (nSPS) is 17.2. The summed E-state index contributed by atoms with van der Waals surface area (Å²) in [4.78, 5) is 32.5. The first-order chi connectivity index (χ1) is 10.2. The molecule has 0 saturated carbocycles. The van der Waals surface area contributed by atoms with Crippen LogP contribution in [0.1, 0.15) is 25.7 Å². The van der Waals surface area contributed by atoms with Crippen molar-refractivity contribution in [2.24, 2.45) is 7.05 Å². The fraction of sp³-hybridized carbons (Fsp3) is 0.643. The summed E-state index contributed by atoms with van der Waals surface area (Å²) in [7, 11) is 1.62. The van der Waals surface area contributed by atoms with E-state index >= 15 is 0 Å². The maximum Gasteiger partial charge on any atom is 0.329 e. The molecule has 1 fully saturated rings. The number of hydrogen-bond acceptors (Lipinski definition) is 4. The van der Waals surface area contributed by atoms with Gasteiger partial charge in [0.25, 0.3) is 5.56 Å². The Morgan fingerprint density at radius 3 is 2.57 bits per heavy atom. The zero-order chi connectivity index (χ0) is 14.8. The maximum absolute atomic E-state index is 12.0. The van der Waals surface area contributed by atoms with Gasteiger partial charge in [0.1, 0.15) is 0 Å². The van der Waals surface area contributed by atoms with Gasteiger partial charge in [-0.1, -0.05) is 12.8 Å². The molecule has 7 heteroatoms.